The Labute approximate surface area is 161 Å². The summed E-state index contributed by atoms with van der Waals surface area (Å²) in [5.74, 6) is -0.878. The molecule has 28 heavy (non-hydrogen) atoms. The van der Waals surface area contributed by atoms with Crippen LogP contribution in [0, 0.1) is 0 Å². The number of aromatic nitrogens is 3. The van der Waals surface area contributed by atoms with E-state index in [-0.39, 0.29) is 17.6 Å². The minimum absolute atomic E-state index is 0.0446. The van der Waals surface area contributed by atoms with Crippen LogP contribution in [0.1, 0.15) is 39.0 Å². The maximum absolute atomic E-state index is 12.6. The van der Waals surface area contributed by atoms with E-state index in [0.29, 0.717) is 25.3 Å². The summed E-state index contributed by atoms with van der Waals surface area (Å²) in [5.41, 5.74) is 0.745. The van der Waals surface area contributed by atoms with Gasteiger partial charge in [-0.15, -0.1) is 15.3 Å². The molecule has 1 aromatic carbocycles. The van der Waals surface area contributed by atoms with Crippen molar-refractivity contribution in [3.8, 4) is 11.4 Å². The molecule has 0 radical (unpaired) electrons. The summed E-state index contributed by atoms with van der Waals surface area (Å²) < 4.78 is 17.0. The van der Waals surface area contributed by atoms with E-state index in [4.69, 9.17) is 14.2 Å². The Balaban J connectivity index is 1.57. The molecule has 1 aliphatic carbocycles. The number of hydrogen-bond acceptors (Lipinski definition) is 8. The predicted molar refractivity (Wildman–Crippen MR) is 98.0 cm³/mol. The van der Waals surface area contributed by atoms with Crippen molar-refractivity contribution in [3.05, 3.63) is 42.0 Å². The molecule has 2 aliphatic rings. The Morgan fingerprint density at radius 1 is 1.14 bits per heavy atom. The molecule has 2 aromatic rings. The van der Waals surface area contributed by atoms with E-state index < -0.39 is 11.8 Å². The summed E-state index contributed by atoms with van der Waals surface area (Å²) in [7, 11) is 0. The molecule has 146 valence electrons. The smallest absolute Gasteiger partial charge is 0.369 e. The van der Waals surface area contributed by atoms with E-state index in [1.54, 1.807) is 6.92 Å². The highest BCUT2D eigenvalue weighted by molar-refractivity contribution is 5.89. The molecule has 1 N–H and O–H groups in total. The molecule has 1 aliphatic heterocycles. The molecule has 9 heteroatoms. The highest BCUT2D eigenvalue weighted by Crippen LogP contribution is 2.39. The highest BCUT2D eigenvalue weighted by Gasteiger charge is 2.45. The fraction of sp³-hybridized carbons (Fsp3) is 0.421. The number of esters is 1. The van der Waals surface area contributed by atoms with E-state index in [9.17, 15) is 4.79 Å². The van der Waals surface area contributed by atoms with Crippen LogP contribution >= 0.6 is 0 Å². The Morgan fingerprint density at radius 3 is 2.68 bits per heavy atom. The molecule has 9 nitrogen and oxygen atoms in total. The fourth-order valence-corrected chi connectivity index (χ4v) is 3.26. The number of nitrogens with one attached hydrogen (secondary N) is 1. The number of ether oxygens (including phenoxy) is 3. The molecule has 1 spiro atoms. The number of carbonyl (C=O) groups is 1. The average Bonchev–Trinajstić information content (AvgIpc) is 3.18. The van der Waals surface area contributed by atoms with Crippen molar-refractivity contribution in [3.63, 3.8) is 0 Å². The lowest BCUT2D eigenvalue weighted by Gasteiger charge is -2.39. The number of azo groups is 1. The monoisotopic (exact) mass is 383 g/mol. The van der Waals surface area contributed by atoms with Crippen LogP contribution in [0.2, 0.25) is 0 Å². The van der Waals surface area contributed by atoms with Crippen LogP contribution < -0.4 is 0 Å². The standard InChI is InChI=1S/C19H21N5O4/c1-2-26-17-14(16(25)27-19(28-17)11-7-4-8-12-19)21-23-18-20-15(22-24-18)13-9-5-3-6-10-13/h3,5-6,9-10H,2,4,7-8,11-12H2,1H3,(H,20,22,24). The Hall–Kier alpha value is -3.23. The lowest BCUT2D eigenvalue weighted by Crippen LogP contribution is -2.44. The first-order valence-electron chi connectivity index (χ1n) is 9.38. The third-order valence-corrected chi connectivity index (χ3v) is 4.60. The van der Waals surface area contributed by atoms with Gasteiger partial charge < -0.3 is 14.2 Å². The largest absolute Gasteiger partial charge is 0.464 e. The van der Waals surface area contributed by atoms with Crippen LogP contribution in [-0.4, -0.2) is 33.5 Å². The number of hydrogen-bond donors (Lipinski definition) is 1. The van der Waals surface area contributed by atoms with Gasteiger partial charge in [-0.2, -0.15) is 4.98 Å². The number of nitrogens with zero attached hydrogens (tertiary/aromatic N) is 4. The zero-order chi connectivity index (χ0) is 19.4. The second-order valence-corrected chi connectivity index (χ2v) is 6.58. The van der Waals surface area contributed by atoms with E-state index in [0.717, 1.165) is 24.8 Å². The maximum atomic E-state index is 12.6. The van der Waals surface area contributed by atoms with Gasteiger partial charge >= 0.3 is 11.9 Å². The van der Waals surface area contributed by atoms with Crippen LogP contribution in [0.5, 0.6) is 0 Å². The van der Waals surface area contributed by atoms with Crippen molar-refractivity contribution in [2.24, 2.45) is 10.2 Å². The first kappa shape index (κ1) is 18.1. The second kappa shape index (κ2) is 7.79. The van der Waals surface area contributed by atoms with E-state index in [1.807, 2.05) is 30.3 Å². The highest BCUT2D eigenvalue weighted by atomic mass is 16.8. The molecule has 1 fully saturated rings. The van der Waals surface area contributed by atoms with Crippen LogP contribution in [0.4, 0.5) is 5.95 Å². The van der Waals surface area contributed by atoms with E-state index in [2.05, 4.69) is 25.4 Å². The van der Waals surface area contributed by atoms with E-state index >= 15 is 0 Å². The predicted octanol–water partition coefficient (Wildman–Crippen LogP) is 3.99. The maximum Gasteiger partial charge on any atom is 0.369 e. The van der Waals surface area contributed by atoms with Crippen LogP contribution in [0.3, 0.4) is 0 Å². The summed E-state index contributed by atoms with van der Waals surface area (Å²) in [6.07, 6.45) is 4.24. The summed E-state index contributed by atoms with van der Waals surface area (Å²) >= 11 is 0. The van der Waals surface area contributed by atoms with Crippen LogP contribution in [0.15, 0.2) is 52.2 Å². The van der Waals surface area contributed by atoms with Gasteiger partial charge in [-0.3, -0.25) is 5.10 Å². The van der Waals surface area contributed by atoms with E-state index in [1.165, 1.54) is 0 Å². The molecular weight excluding hydrogens is 362 g/mol. The van der Waals surface area contributed by atoms with Gasteiger partial charge in [0.15, 0.2) is 5.82 Å². The number of carbonyl (C=O) groups excluding carboxylic acids is 1. The van der Waals surface area contributed by atoms with Crippen LogP contribution in [0.25, 0.3) is 11.4 Å². The van der Waals surface area contributed by atoms with Gasteiger partial charge in [-0.25, -0.2) is 4.79 Å². The van der Waals surface area contributed by atoms with Gasteiger partial charge in [-0.05, 0) is 19.8 Å². The van der Waals surface area contributed by atoms with Crippen LogP contribution in [-0.2, 0) is 19.0 Å². The van der Waals surface area contributed by atoms with Gasteiger partial charge in [0.05, 0.1) is 6.61 Å². The third-order valence-electron chi connectivity index (χ3n) is 4.60. The number of rotatable bonds is 5. The van der Waals surface area contributed by atoms with Crippen molar-refractivity contribution in [1.82, 2.24) is 15.2 Å². The topological polar surface area (TPSA) is 111 Å². The summed E-state index contributed by atoms with van der Waals surface area (Å²) in [5, 5.41) is 14.7. The van der Waals surface area contributed by atoms with Crippen molar-refractivity contribution < 1.29 is 19.0 Å². The second-order valence-electron chi connectivity index (χ2n) is 6.58. The molecule has 0 unspecified atom stereocenters. The molecular formula is C19H21N5O4. The van der Waals surface area contributed by atoms with Gasteiger partial charge in [0.25, 0.3) is 17.4 Å². The molecule has 0 saturated heterocycles. The van der Waals surface area contributed by atoms with Gasteiger partial charge in [0.2, 0.25) is 0 Å². The van der Waals surface area contributed by atoms with Gasteiger partial charge in [0.1, 0.15) is 0 Å². The third kappa shape index (κ3) is 3.73. The molecule has 0 bridgehead atoms. The first-order chi connectivity index (χ1) is 13.7. The normalized spacial score (nSPS) is 19.0. The Morgan fingerprint density at radius 2 is 1.93 bits per heavy atom. The van der Waals surface area contributed by atoms with Crippen molar-refractivity contribution in [2.45, 2.75) is 44.8 Å². The number of H-pyrrole nitrogens is 1. The van der Waals surface area contributed by atoms with Crippen molar-refractivity contribution >= 4 is 11.9 Å². The minimum atomic E-state index is -0.954. The summed E-state index contributed by atoms with van der Waals surface area (Å²) in [6.45, 7) is 2.14. The molecule has 1 aromatic heterocycles. The molecule has 1 saturated carbocycles. The number of benzene rings is 1. The fourth-order valence-electron chi connectivity index (χ4n) is 3.26. The van der Waals surface area contributed by atoms with Gasteiger partial charge in [0, 0.05) is 18.4 Å². The quantitative estimate of drug-likeness (QED) is 0.617. The Bertz CT molecular complexity index is 900. The average molecular weight is 383 g/mol. The van der Waals surface area contributed by atoms with Crippen molar-refractivity contribution in [2.75, 3.05) is 6.61 Å². The summed E-state index contributed by atoms with van der Waals surface area (Å²) in [6, 6.07) is 9.50. The first-order valence-corrected chi connectivity index (χ1v) is 9.38. The minimum Gasteiger partial charge on any atom is -0.464 e. The number of aromatic amines is 1. The zero-order valence-corrected chi connectivity index (χ0v) is 15.6. The lowest BCUT2D eigenvalue weighted by molar-refractivity contribution is -0.254. The molecule has 0 atom stereocenters. The molecule has 4 rings (SSSR count). The lowest BCUT2D eigenvalue weighted by atomic mass is 9.93. The van der Waals surface area contributed by atoms with Gasteiger partial charge in [-0.1, -0.05) is 36.8 Å². The van der Waals surface area contributed by atoms with Crippen molar-refractivity contribution in [1.29, 1.82) is 0 Å². The summed E-state index contributed by atoms with van der Waals surface area (Å²) in [4.78, 5) is 16.8. The zero-order valence-electron chi connectivity index (χ0n) is 15.6. The SMILES string of the molecule is CCOC1=C(N=Nc2n[nH]c(-c3ccccc3)n2)C(=O)OC2(CCCCC2)O1. The molecule has 0 amide bonds. The Kier molecular flexibility index (Phi) is 5.05. The molecule has 2 heterocycles.